The summed E-state index contributed by atoms with van der Waals surface area (Å²) >= 11 is 2.23. The molecule has 0 aromatic heterocycles. The predicted molar refractivity (Wildman–Crippen MR) is 37.1 cm³/mol. The fourth-order valence-electron chi connectivity index (χ4n) is 0.283. The van der Waals surface area contributed by atoms with Crippen LogP contribution in [0.5, 0.6) is 0 Å². The molecule has 0 aromatic rings. The van der Waals surface area contributed by atoms with Crippen molar-refractivity contribution in [3.05, 3.63) is 0 Å². The van der Waals surface area contributed by atoms with Crippen LogP contribution in [0.3, 0.4) is 0 Å². The van der Waals surface area contributed by atoms with Crippen LogP contribution in [0.2, 0.25) is 20.0 Å². The molecule has 0 saturated carbocycles. The number of rotatable bonds is 2. The summed E-state index contributed by atoms with van der Waals surface area (Å²) in [6, 6.07) is 0. The summed E-state index contributed by atoms with van der Waals surface area (Å²) in [5.74, 6) is 7.46. The molecule has 40 valence electrons. The molecule has 3 heteroatoms. The van der Waals surface area contributed by atoms with Crippen LogP contribution in [0, 0.1) is 0 Å². The van der Waals surface area contributed by atoms with Crippen molar-refractivity contribution < 1.29 is 22.1 Å². The Morgan fingerprint density at radius 2 is 1.86 bits per heavy atom. The van der Waals surface area contributed by atoms with Crippen LogP contribution in [0.15, 0.2) is 0 Å². The van der Waals surface area contributed by atoms with Gasteiger partial charge in [0.1, 0.15) is 0 Å². The minimum atomic E-state index is -1.03. The number of halogens is 1. The van der Waals surface area contributed by atoms with E-state index in [1.54, 1.807) is 2.76 Å². The number of hydrogen-bond donors (Lipinski definition) is 0. The van der Waals surface area contributed by atoms with Gasteiger partial charge in [-0.1, -0.05) is 0 Å². The second kappa shape index (κ2) is 3.89. The Labute approximate surface area is 66.5 Å². The summed E-state index contributed by atoms with van der Waals surface area (Å²) in [5.41, 5.74) is 0. The molecule has 7 heavy (non-hydrogen) atoms. The maximum atomic E-state index is 3.65. The average Bonchev–Trinajstić information content (AvgIpc) is 1.30. The van der Waals surface area contributed by atoms with Crippen LogP contribution in [0.25, 0.3) is 0 Å². The van der Waals surface area contributed by atoms with Crippen molar-refractivity contribution in [3.63, 3.8) is 0 Å². The second-order valence-corrected chi connectivity index (χ2v) is 33.3. The predicted octanol–water partition coefficient (Wildman–Crippen LogP) is 2.67. The van der Waals surface area contributed by atoms with E-state index in [-0.39, 0.29) is 0 Å². The maximum absolute atomic E-state index is 3.65. The van der Waals surface area contributed by atoms with Crippen molar-refractivity contribution in [1.82, 2.24) is 0 Å². The topological polar surface area (TPSA) is 0 Å². The molecule has 0 aliphatic heterocycles. The van der Waals surface area contributed by atoms with E-state index in [9.17, 15) is 0 Å². The van der Waals surface area contributed by atoms with Gasteiger partial charge in [-0.3, -0.25) is 0 Å². The molecule has 0 N–H and O–H groups in total. The molecular weight excluding hydrogens is 401 g/mol. The molecule has 0 aromatic carbocycles. The van der Waals surface area contributed by atoms with Gasteiger partial charge in [-0.25, -0.2) is 0 Å². The fourth-order valence-corrected chi connectivity index (χ4v) is 67.2. The summed E-state index contributed by atoms with van der Waals surface area (Å²) < 4.78 is 1.67. The fraction of sp³-hybridized carbons (Fsp3) is 1.00. The van der Waals surface area contributed by atoms with Crippen LogP contribution in [-0.4, -0.2) is 13.3 Å². The minimum absolute atomic E-state index is 0.394. The monoisotopic (exact) mass is 414 g/mol. The van der Waals surface area contributed by atoms with Crippen molar-refractivity contribution in [3.8, 4) is 0 Å². The third-order valence-corrected chi connectivity index (χ3v) is 56.6. The first-order valence-corrected chi connectivity index (χ1v) is 26.2. The van der Waals surface area contributed by atoms with Crippen LogP contribution in [0.4, 0.5) is 0 Å². The first-order chi connectivity index (χ1) is 3.06. The van der Waals surface area contributed by atoms with Crippen molar-refractivity contribution in [2.75, 3.05) is 0 Å². The van der Waals surface area contributed by atoms with Crippen molar-refractivity contribution in [2.24, 2.45) is 0 Å². The Hall–Kier alpha value is 1.96. The first-order valence-electron chi connectivity index (χ1n) is 2.62. The van der Waals surface area contributed by atoms with Crippen LogP contribution in [0.1, 0.15) is 0 Å². The van der Waals surface area contributed by atoms with Gasteiger partial charge >= 0.3 is 67.3 Å². The third kappa shape index (κ3) is 7.96. The Bertz CT molecular complexity index is 50.1. The van der Waals surface area contributed by atoms with Gasteiger partial charge in [0.2, 0.25) is 0 Å². The standard InChI is InChI=1S/C4H11Ge.BrH.Hg/c1-5(2,3)4;;/h1H2,2-4H3;1H;/q;;+1/p-1. The van der Waals surface area contributed by atoms with Gasteiger partial charge in [0.05, 0.1) is 0 Å². The van der Waals surface area contributed by atoms with Crippen molar-refractivity contribution in [2.45, 2.75) is 20.0 Å². The van der Waals surface area contributed by atoms with E-state index in [1.807, 2.05) is 0 Å². The van der Waals surface area contributed by atoms with E-state index in [0.717, 1.165) is 0 Å². The average molecular weight is 412 g/mol. The quantitative estimate of drug-likeness (QED) is 0.612. The molecule has 0 atom stereocenters. The Balaban J connectivity index is 3.15. The summed E-state index contributed by atoms with van der Waals surface area (Å²) in [5, 5.41) is 0. The van der Waals surface area contributed by atoms with E-state index in [1.165, 1.54) is 0 Å². The zero-order valence-corrected chi connectivity index (χ0v) is 14.5. The van der Waals surface area contributed by atoms with Gasteiger partial charge in [-0.15, -0.1) is 0 Å². The normalized spacial score (nSPS) is 10.9. The molecule has 0 heterocycles. The zero-order valence-electron chi connectivity index (χ0n) is 5.29. The van der Waals surface area contributed by atoms with E-state index >= 15 is 0 Å². The second-order valence-electron chi connectivity index (χ2n) is 3.00. The first kappa shape index (κ1) is 8.96. The molecule has 0 nitrogen and oxygen atoms in total. The summed E-state index contributed by atoms with van der Waals surface area (Å²) in [6.07, 6.45) is 0. The van der Waals surface area contributed by atoms with E-state index in [0.29, 0.717) is 0 Å². The molecule has 0 aliphatic rings. The molecule has 0 amide bonds. The summed E-state index contributed by atoms with van der Waals surface area (Å²) in [7, 11) is 0. The molecule has 0 rings (SSSR count). The molecule has 0 fully saturated rings. The molecule has 0 aliphatic carbocycles. The zero-order chi connectivity index (χ0) is 5.91. The van der Waals surface area contributed by atoms with Crippen molar-refractivity contribution >= 4 is 25.2 Å². The van der Waals surface area contributed by atoms with Gasteiger partial charge in [0.25, 0.3) is 0 Å². The van der Waals surface area contributed by atoms with Crippen molar-refractivity contribution in [1.29, 1.82) is 0 Å². The van der Waals surface area contributed by atoms with Gasteiger partial charge in [0.15, 0.2) is 0 Å². The third-order valence-electron chi connectivity index (χ3n) is 0.844. The molecule has 0 unspecified atom stereocenters. The molecule has 0 saturated heterocycles. The summed E-state index contributed by atoms with van der Waals surface area (Å²) in [4.78, 5) is 0. The van der Waals surface area contributed by atoms with E-state index in [2.05, 4.69) is 29.2 Å². The van der Waals surface area contributed by atoms with Crippen LogP contribution < -0.4 is 0 Å². The van der Waals surface area contributed by atoms with Gasteiger partial charge in [0, 0.05) is 0 Å². The Morgan fingerprint density at radius 1 is 1.43 bits per heavy atom. The number of hydrogen-bond acceptors (Lipinski definition) is 0. The Kier molecular flexibility index (Phi) is 4.97. The summed E-state index contributed by atoms with van der Waals surface area (Å²) in [6.45, 7) is 0. The SMILES string of the molecule is [CH3][Ge]([CH3])([CH3])[CH2][Hg][Br]. The van der Waals surface area contributed by atoms with Crippen LogP contribution >= 0.6 is 11.9 Å². The molecular formula is C4H11BrGeHg. The van der Waals surface area contributed by atoms with Gasteiger partial charge in [-0.05, 0) is 0 Å². The van der Waals surface area contributed by atoms with E-state index in [4.69, 9.17) is 0 Å². The van der Waals surface area contributed by atoms with Gasteiger partial charge < -0.3 is 0 Å². The molecule has 0 radical (unpaired) electrons. The molecule has 0 bridgehead atoms. The Morgan fingerprint density at radius 3 is 1.86 bits per heavy atom. The van der Waals surface area contributed by atoms with Crippen LogP contribution in [-0.2, 0) is 22.1 Å². The van der Waals surface area contributed by atoms with Gasteiger partial charge in [-0.2, -0.15) is 0 Å². The molecule has 0 spiro atoms. The van der Waals surface area contributed by atoms with E-state index < -0.39 is 35.4 Å².